The molecule has 0 bridgehead atoms. The van der Waals surface area contributed by atoms with Gasteiger partial charge in [-0.05, 0) is 25.5 Å². The summed E-state index contributed by atoms with van der Waals surface area (Å²) < 4.78 is 0. The molecule has 2 atom stereocenters. The Morgan fingerprint density at radius 1 is 1.27 bits per heavy atom. The number of aliphatic hydroxyl groups is 2. The fourth-order valence-corrected chi connectivity index (χ4v) is 1.33. The Morgan fingerprint density at radius 3 is 2.27 bits per heavy atom. The standard InChI is InChI=1S/C10H13NO4/c1-6(12)8-3-4-9(7(2)13)10(5-8)11(14)15/h3-7,12-13H,1-2H3/t6-,7+/m1/s1. The summed E-state index contributed by atoms with van der Waals surface area (Å²) in [5.74, 6) is 0. The van der Waals surface area contributed by atoms with Crippen LogP contribution in [0, 0.1) is 10.1 Å². The van der Waals surface area contributed by atoms with E-state index in [-0.39, 0.29) is 11.3 Å². The van der Waals surface area contributed by atoms with Crippen molar-refractivity contribution in [2.24, 2.45) is 0 Å². The van der Waals surface area contributed by atoms with Crippen molar-refractivity contribution < 1.29 is 15.1 Å². The van der Waals surface area contributed by atoms with Crippen molar-refractivity contribution in [2.45, 2.75) is 26.1 Å². The lowest BCUT2D eigenvalue weighted by atomic mass is 10.0. The third-order valence-corrected chi connectivity index (χ3v) is 2.18. The van der Waals surface area contributed by atoms with Crippen LogP contribution in [-0.2, 0) is 0 Å². The summed E-state index contributed by atoms with van der Waals surface area (Å²) in [6, 6.07) is 4.32. The topological polar surface area (TPSA) is 83.6 Å². The lowest BCUT2D eigenvalue weighted by Gasteiger charge is -2.09. The Kier molecular flexibility index (Phi) is 3.39. The molecule has 5 heteroatoms. The molecule has 0 spiro atoms. The van der Waals surface area contributed by atoms with E-state index in [1.165, 1.54) is 26.0 Å². The highest BCUT2D eigenvalue weighted by Gasteiger charge is 2.18. The zero-order valence-electron chi connectivity index (χ0n) is 8.54. The fraction of sp³-hybridized carbons (Fsp3) is 0.400. The maximum atomic E-state index is 10.7. The van der Waals surface area contributed by atoms with Crippen LogP contribution in [-0.4, -0.2) is 15.1 Å². The molecule has 1 rings (SSSR count). The molecule has 5 nitrogen and oxygen atoms in total. The van der Waals surface area contributed by atoms with Crippen LogP contribution in [0.15, 0.2) is 18.2 Å². The number of rotatable bonds is 3. The number of benzene rings is 1. The SMILES string of the molecule is C[C@H](O)c1ccc([C@@H](C)O)cc1[N+](=O)[O-]. The number of hydrogen-bond acceptors (Lipinski definition) is 4. The largest absolute Gasteiger partial charge is 0.389 e. The summed E-state index contributed by atoms with van der Waals surface area (Å²) in [7, 11) is 0. The first-order valence-electron chi connectivity index (χ1n) is 4.58. The Labute approximate surface area is 87.1 Å². The molecule has 0 aliphatic heterocycles. The molecule has 1 aromatic carbocycles. The molecule has 0 saturated carbocycles. The highest BCUT2D eigenvalue weighted by Crippen LogP contribution is 2.28. The van der Waals surface area contributed by atoms with Crippen molar-refractivity contribution in [3.63, 3.8) is 0 Å². The molecular weight excluding hydrogens is 198 g/mol. The van der Waals surface area contributed by atoms with Gasteiger partial charge in [0.25, 0.3) is 5.69 Å². The Hall–Kier alpha value is -1.46. The highest BCUT2D eigenvalue weighted by molar-refractivity contribution is 5.45. The minimum atomic E-state index is -0.895. The van der Waals surface area contributed by atoms with Crippen LogP contribution in [0.1, 0.15) is 37.2 Å². The maximum absolute atomic E-state index is 10.7. The van der Waals surface area contributed by atoms with E-state index in [9.17, 15) is 20.3 Å². The second-order valence-electron chi connectivity index (χ2n) is 3.43. The smallest absolute Gasteiger partial charge is 0.275 e. The number of aliphatic hydroxyl groups excluding tert-OH is 2. The third kappa shape index (κ3) is 2.51. The second kappa shape index (κ2) is 4.37. The highest BCUT2D eigenvalue weighted by atomic mass is 16.6. The van der Waals surface area contributed by atoms with Crippen LogP contribution in [0.4, 0.5) is 5.69 Å². The number of nitro benzene ring substituents is 1. The van der Waals surface area contributed by atoms with Gasteiger partial charge in [-0.25, -0.2) is 0 Å². The number of nitro groups is 1. The van der Waals surface area contributed by atoms with E-state index in [0.717, 1.165) is 0 Å². The first kappa shape index (κ1) is 11.6. The first-order chi connectivity index (χ1) is 6.93. The van der Waals surface area contributed by atoms with Gasteiger partial charge in [0, 0.05) is 6.07 Å². The fourth-order valence-electron chi connectivity index (χ4n) is 1.33. The molecule has 15 heavy (non-hydrogen) atoms. The van der Waals surface area contributed by atoms with E-state index in [2.05, 4.69) is 0 Å². The van der Waals surface area contributed by atoms with Gasteiger partial charge in [0.15, 0.2) is 0 Å². The van der Waals surface area contributed by atoms with Crippen molar-refractivity contribution in [1.29, 1.82) is 0 Å². The van der Waals surface area contributed by atoms with Crippen molar-refractivity contribution in [3.05, 3.63) is 39.4 Å². The van der Waals surface area contributed by atoms with Gasteiger partial charge in [0.2, 0.25) is 0 Å². The normalized spacial score (nSPS) is 14.7. The average Bonchev–Trinajstić information content (AvgIpc) is 2.16. The van der Waals surface area contributed by atoms with Crippen LogP contribution in [0.2, 0.25) is 0 Å². The molecule has 0 heterocycles. The van der Waals surface area contributed by atoms with Crippen molar-refractivity contribution in [1.82, 2.24) is 0 Å². The molecule has 2 N–H and O–H groups in total. The molecule has 0 amide bonds. The predicted octanol–water partition coefficient (Wildman–Crippen LogP) is 1.70. The van der Waals surface area contributed by atoms with Crippen LogP contribution in [0.3, 0.4) is 0 Å². The molecule has 0 aliphatic rings. The molecular formula is C10H13NO4. The second-order valence-corrected chi connectivity index (χ2v) is 3.43. The van der Waals surface area contributed by atoms with Gasteiger partial charge in [0.05, 0.1) is 22.7 Å². The summed E-state index contributed by atoms with van der Waals surface area (Å²) in [5, 5.41) is 29.3. The first-order valence-corrected chi connectivity index (χ1v) is 4.58. The lowest BCUT2D eigenvalue weighted by molar-refractivity contribution is -0.386. The van der Waals surface area contributed by atoms with Crippen molar-refractivity contribution in [3.8, 4) is 0 Å². The lowest BCUT2D eigenvalue weighted by Crippen LogP contribution is -2.01. The zero-order valence-corrected chi connectivity index (χ0v) is 8.54. The molecule has 0 fully saturated rings. The van der Waals surface area contributed by atoms with Crippen LogP contribution in [0.5, 0.6) is 0 Å². The van der Waals surface area contributed by atoms with E-state index >= 15 is 0 Å². The molecule has 0 radical (unpaired) electrons. The molecule has 0 saturated heterocycles. The molecule has 82 valence electrons. The van der Waals surface area contributed by atoms with Crippen molar-refractivity contribution >= 4 is 5.69 Å². The summed E-state index contributed by atoms with van der Waals surface area (Å²) in [6.45, 7) is 2.99. The van der Waals surface area contributed by atoms with Crippen LogP contribution in [0.25, 0.3) is 0 Å². The minimum absolute atomic E-state index is 0.164. The monoisotopic (exact) mass is 211 g/mol. The molecule has 0 unspecified atom stereocenters. The van der Waals surface area contributed by atoms with Crippen molar-refractivity contribution in [2.75, 3.05) is 0 Å². The van der Waals surface area contributed by atoms with Gasteiger partial charge in [-0.3, -0.25) is 10.1 Å². The number of nitrogens with zero attached hydrogens (tertiary/aromatic N) is 1. The molecule has 0 aromatic heterocycles. The van der Waals surface area contributed by atoms with Gasteiger partial charge in [-0.2, -0.15) is 0 Å². The van der Waals surface area contributed by atoms with Gasteiger partial charge < -0.3 is 10.2 Å². The molecule has 1 aromatic rings. The zero-order chi connectivity index (χ0) is 11.6. The Balaban J connectivity index is 3.27. The minimum Gasteiger partial charge on any atom is -0.389 e. The van der Waals surface area contributed by atoms with Gasteiger partial charge in [-0.15, -0.1) is 0 Å². The van der Waals surface area contributed by atoms with E-state index < -0.39 is 17.1 Å². The third-order valence-electron chi connectivity index (χ3n) is 2.18. The predicted molar refractivity (Wildman–Crippen MR) is 54.4 cm³/mol. The van der Waals surface area contributed by atoms with E-state index in [1.807, 2.05) is 0 Å². The molecule has 0 aliphatic carbocycles. The summed E-state index contributed by atoms with van der Waals surface area (Å²) in [6.07, 6.45) is -1.65. The average molecular weight is 211 g/mol. The summed E-state index contributed by atoms with van der Waals surface area (Å²) in [4.78, 5) is 10.2. The van der Waals surface area contributed by atoms with E-state index in [4.69, 9.17) is 0 Å². The Bertz CT molecular complexity index is 374. The maximum Gasteiger partial charge on any atom is 0.275 e. The van der Waals surface area contributed by atoms with Gasteiger partial charge in [-0.1, -0.05) is 6.07 Å². The van der Waals surface area contributed by atoms with Gasteiger partial charge in [0.1, 0.15) is 0 Å². The van der Waals surface area contributed by atoms with Gasteiger partial charge >= 0.3 is 0 Å². The van der Waals surface area contributed by atoms with Crippen LogP contribution >= 0.6 is 0 Å². The number of hydrogen-bond donors (Lipinski definition) is 2. The summed E-state index contributed by atoms with van der Waals surface area (Å²) >= 11 is 0. The van der Waals surface area contributed by atoms with E-state index in [1.54, 1.807) is 6.07 Å². The van der Waals surface area contributed by atoms with Crippen LogP contribution < -0.4 is 0 Å². The summed E-state index contributed by atoms with van der Waals surface area (Å²) in [5.41, 5.74) is 0.555. The van der Waals surface area contributed by atoms with E-state index in [0.29, 0.717) is 5.56 Å². The Morgan fingerprint density at radius 2 is 1.87 bits per heavy atom. The quantitative estimate of drug-likeness (QED) is 0.588.